The van der Waals surface area contributed by atoms with Crippen LogP contribution >= 0.6 is 0 Å². The van der Waals surface area contributed by atoms with Crippen molar-refractivity contribution >= 4 is 11.1 Å². The van der Waals surface area contributed by atoms with Crippen LogP contribution in [0, 0.1) is 13.8 Å². The minimum Gasteiger partial charge on any atom is -0.438 e. The van der Waals surface area contributed by atoms with E-state index >= 15 is 0 Å². The molecular weight excluding hydrogens is 426 g/mol. The highest BCUT2D eigenvalue weighted by Gasteiger charge is 2.11. The lowest BCUT2D eigenvalue weighted by Crippen LogP contribution is -1.87. The number of nitrogens with zero attached hydrogens (tertiary/aromatic N) is 1. The van der Waals surface area contributed by atoms with Gasteiger partial charge in [0.05, 0.1) is 5.69 Å². The zero-order valence-electron chi connectivity index (χ0n) is 19.8. The topological polar surface area (TPSA) is 26.0 Å². The minimum absolute atomic E-state index is 0.654. The molecule has 0 bridgehead atoms. The van der Waals surface area contributed by atoms with E-state index in [1.807, 2.05) is 6.07 Å². The van der Waals surface area contributed by atoms with Crippen LogP contribution in [-0.2, 0) is 0 Å². The van der Waals surface area contributed by atoms with Gasteiger partial charge in [-0.15, -0.1) is 0 Å². The van der Waals surface area contributed by atoms with Crippen molar-refractivity contribution in [3.63, 3.8) is 0 Å². The van der Waals surface area contributed by atoms with Gasteiger partial charge in [-0.05, 0) is 71.5 Å². The maximum Gasteiger partial charge on any atom is 0.227 e. The summed E-state index contributed by atoms with van der Waals surface area (Å²) in [6, 6.07) is 40.1. The number of pyridine rings is 1. The quantitative estimate of drug-likeness (QED) is 0.267. The number of rotatable bonds is 4. The summed E-state index contributed by atoms with van der Waals surface area (Å²) in [6.45, 7) is 4.32. The average molecular weight is 452 g/mol. The Hall–Kier alpha value is -4.43. The van der Waals surface area contributed by atoms with Gasteiger partial charge in [0.1, 0.15) is 5.76 Å². The summed E-state index contributed by atoms with van der Waals surface area (Å²) in [7, 11) is 0. The first kappa shape index (κ1) is 21.1. The molecule has 0 aliphatic rings. The Balaban J connectivity index is 1.33. The van der Waals surface area contributed by atoms with E-state index in [4.69, 9.17) is 9.40 Å². The largest absolute Gasteiger partial charge is 0.438 e. The van der Waals surface area contributed by atoms with E-state index < -0.39 is 0 Å². The molecule has 2 aromatic heterocycles. The van der Waals surface area contributed by atoms with E-state index in [1.165, 1.54) is 33.4 Å². The van der Waals surface area contributed by atoms with E-state index in [-0.39, 0.29) is 0 Å². The van der Waals surface area contributed by atoms with Gasteiger partial charge in [0, 0.05) is 16.5 Å². The second-order valence-corrected chi connectivity index (χ2v) is 8.99. The predicted octanol–water partition coefficient (Wildman–Crippen LogP) is 9.11. The van der Waals surface area contributed by atoms with Gasteiger partial charge in [-0.2, -0.15) is 0 Å². The summed E-state index contributed by atoms with van der Waals surface area (Å²) in [5, 5.41) is 1.00. The van der Waals surface area contributed by atoms with Gasteiger partial charge in [0.25, 0.3) is 0 Å². The molecule has 168 valence electrons. The molecular formula is C33H25NO. The van der Waals surface area contributed by atoms with Crippen LogP contribution < -0.4 is 0 Å². The number of hydrogen-bond acceptors (Lipinski definition) is 2. The van der Waals surface area contributed by atoms with Crippen LogP contribution in [0.1, 0.15) is 11.1 Å². The van der Waals surface area contributed by atoms with Gasteiger partial charge in [-0.3, -0.25) is 0 Å². The van der Waals surface area contributed by atoms with E-state index in [9.17, 15) is 0 Å². The lowest BCUT2D eigenvalue weighted by Gasteiger charge is -2.10. The minimum atomic E-state index is 0.654. The van der Waals surface area contributed by atoms with Gasteiger partial charge in [0.15, 0.2) is 0 Å². The molecule has 0 aliphatic carbocycles. The monoisotopic (exact) mass is 451 g/mol. The summed E-state index contributed by atoms with van der Waals surface area (Å²) in [5.41, 5.74) is 11.1. The molecule has 2 heterocycles. The van der Waals surface area contributed by atoms with Crippen molar-refractivity contribution in [1.82, 2.24) is 4.98 Å². The molecule has 0 fully saturated rings. The fourth-order valence-corrected chi connectivity index (χ4v) is 4.78. The molecule has 2 nitrogen and oxygen atoms in total. The van der Waals surface area contributed by atoms with Gasteiger partial charge < -0.3 is 4.42 Å². The van der Waals surface area contributed by atoms with Crippen molar-refractivity contribution in [3.05, 3.63) is 126 Å². The van der Waals surface area contributed by atoms with E-state index in [0.29, 0.717) is 5.71 Å². The molecule has 0 aliphatic heterocycles. The molecule has 0 saturated heterocycles. The van der Waals surface area contributed by atoms with Crippen molar-refractivity contribution in [2.75, 3.05) is 0 Å². The second kappa shape index (κ2) is 8.73. The Bertz CT molecular complexity index is 1620. The fraction of sp³-hybridized carbons (Fsp3) is 0.0606. The molecule has 0 unspecified atom stereocenters. The summed E-state index contributed by atoms with van der Waals surface area (Å²) < 4.78 is 6.21. The van der Waals surface area contributed by atoms with Gasteiger partial charge >= 0.3 is 0 Å². The molecule has 0 atom stereocenters. The predicted molar refractivity (Wildman–Crippen MR) is 145 cm³/mol. The SMILES string of the molecule is Cc1cccc(C)c1-c1ccc(-c2cc3ccc(-c4cccc(-c5ccccc5)c4)nc3o2)cc1. The summed E-state index contributed by atoms with van der Waals surface area (Å²) in [4.78, 5) is 4.85. The van der Waals surface area contributed by atoms with Crippen LogP contribution in [0.5, 0.6) is 0 Å². The Kier molecular flexibility index (Phi) is 5.27. The zero-order chi connectivity index (χ0) is 23.8. The molecule has 0 radical (unpaired) electrons. The van der Waals surface area contributed by atoms with E-state index in [1.54, 1.807) is 0 Å². The van der Waals surface area contributed by atoms with Crippen LogP contribution in [0.3, 0.4) is 0 Å². The Morgan fingerprint density at radius 1 is 0.514 bits per heavy atom. The van der Waals surface area contributed by atoms with Crippen LogP contribution in [0.2, 0.25) is 0 Å². The fourth-order valence-electron chi connectivity index (χ4n) is 4.78. The molecule has 2 heteroatoms. The highest BCUT2D eigenvalue weighted by Crippen LogP contribution is 2.33. The summed E-state index contributed by atoms with van der Waals surface area (Å²) in [6.07, 6.45) is 0. The Morgan fingerprint density at radius 2 is 1.17 bits per heavy atom. The molecule has 6 aromatic rings. The summed E-state index contributed by atoms with van der Waals surface area (Å²) >= 11 is 0. The highest BCUT2D eigenvalue weighted by molar-refractivity contribution is 5.83. The Morgan fingerprint density at radius 3 is 1.94 bits per heavy atom. The van der Waals surface area contributed by atoms with Crippen LogP contribution in [0.25, 0.3) is 55.9 Å². The zero-order valence-corrected chi connectivity index (χ0v) is 19.8. The van der Waals surface area contributed by atoms with Crippen molar-refractivity contribution in [2.24, 2.45) is 0 Å². The summed E-state index contributed by atoms with van der Waals surface area (Å²) in [5.74, 6) is 0.829. The number of hydrogen-bond donors (Lipinski definition) is 0. The van der Waals surface area contributed by atoms with Gasteiger partial charge in [0.2, 0.25) is 5.71 Å². The van der Waals surface area contributed by atoms with Gasteiger partial charge in [-0.1, -0.05) is 91.0 Å². The molecule has 6 rings (SSSR count). The number of furan rings is 1. The van der Waals surface area contributed by atoms with Crippen molar-refractivity contribution < 1.29 is 4.42 Å². The third kappa shape index (κ3) is 4.04. The molecule has 0 saturated carbocycles. The maximum atomic E-state index is 6.21. The number of benzene rings is 4. The molecule has 0 spiro atoms. The lowest BCUT2D eigenvalue weighted by molar-refractivity contribution is 0.619. The lowest BCUT2D eigenvalue weighted by atomic mass is 9.95. The molecule has 0 amide bonds. The average Bonchev–Trinajstić information content (AvgIpc) is 3.33. The van der Waals surface area contributed by atoms with Crippen molar-refractivity contribution in [3.8, 4) is 44.8 Å². The van der Waals surface area contributed by atoms with Crippen molar-refractivity contribution in [2.45, 2.75) is 13.8 Å². The van der Waals surface area contributed by atoms with Crippen LogP contribution in [0.15, 0.2) is 120 Å². The number of aryl methyl sites for hydroxylation is 2. The first-order valence-electron chi connectivity index (χ1n) is 11.9. The second-order valence-electron chi connectivity index (χ2n) is 8.99. The smallest absolute Gasteiger partial charge is 0.227 e. The first-order valence-corrected chi connectivity index (χ1v) is 11.9. The number of fused-ring (bicyclic) bond motifs is 1. The Labute approximate surface area is 205 Å². The van der Waals surface area contributed by atoms with Crippen LogP contribution in [0.4, 0.5) is 0 Å². The third-order valence-electron chi connectivity index (χ3n) is 6.59. The molecule has 35 heavy (non-hydrogen) atoms. The maximum absolute atomic E-state index is 6.21. The van der Waals surface area contributed by atoms with Crippen molar-refractivity contribution in [1.29, 1.82) is 0 Å². The third-order valence-corrected chi connectivity index (χ3v) is 6.59. The van der Waals surface area contributed by atoms with E-state index in [0.717, 1.165) is 28.0 Å². The molecule has 0 N–H and O–H groups in total. The van der Waals surface area contributed by atoms with Gasteiger partial charge in [-0.25, -0.2) is 4.98 Å². The highest BCUT2D eigenvalue weighted by atomic mass is 16.3. The first-order chi connectivity index (χ1) is 17.2. The number of aromatic nitrogens is 1. The molecule has 4 aromatic carbocycles. The standard InChI is InChI=1S/C33H25NO/c1-22-8-6-9-23(2)32(22)26-16-14-25(15-17-26)31-21-29-18-19-30(34-33(29)35-31)28-13-7-12-27(20-28)24-10-4-3-5-11-24/h3-21H,1-2H3. The normalized spacial score (nSPS) is 11.1. The van der Waals surface area contributed by atoms with Crippen LogP contribution in [-0.4, -0.2) is 4.98 Å². The van der Waals surface area contributed by atoms with E-state index in [2.05, 4.69) is 123 Å².